The van der Waals surface area contributed by atoms with Gasteiger partial charge in [0.25, 0.3) is 0 Å². The lowest BCUT2D eigenvalue weighted by atomic mass is 9.86. The lowest BCUT2D eigenvalue weighted by Crippen LogP contribution is -2.39. The molecule has 0 spiro atoms. The Morgan fingerprint density at radius 2 is 1.50 bits per heavy atom. The molecule has 0 radical (unpaired) electrons. The van der Waals surface area contributed by atoms with E-state index in [1.54, 1.807) is 0 Å². The van der Waals surface area contributed by atoms with E-state index in [0.717, 1.165) is 12.8 Å². The summed E-state index contributed by atoms with van der Waals surface area (Å²) in [6, 6.07) is 0.198. The van der Waals surface area contributed by atoms with Crippen molar-refractivity contribution in [3.63, 3.8) is 0 Å². The van der Waals surface area contributed by atoms with Gasteiger partial charge in [0, 0.05) is 12.5 Å². The third-order valence-electron chi connectivity index (χ3n) is 4.89. The molecule has 20 heavy (non-hydrogen) atoms. The van der Waals surface area contributed by atoms with Crippen LogP contribution in [0.3, 0.4) is 0 Å². The molecule has 0 atom stereocenters. The van der Waals surface area contributed by atoms with Gasteiger partial charge in [0.2, 0.25) is 5.91 Å². The van der Waals surface area contributed by atoms with Crippen LogP contribution < -0.4 is 5.32 Å². The lowest BCUT2D eigenvalue weighted by Gasteiger charge is -2.27. The first kappa shape index (κ1) is 15.3. The molecule has 0 unspecified atom stereocenters. The highest BCUT2D eigenvalue weighted by Crippen LogP contribution is 2.27. The number of nitrogens with one attached hydrogen (secondary N) is 1. The Morgan fingerprint density at radius 3 is 2.05 bits per heavy atom. The number of carboxylic acids is 1. The number of hydrogen-bond donors (Lipinski definition) is 2. The van der Waals surface area contributed by atoms with Crippen LogP contribution >= 0.6 is 0 Å². The van der Waals surface area contributed by atoms with Gasteiger partial charge in [-0.15, -0.1) is 0 Å². The molecule has 0 bridgehead atoms. The third-order valence-corrected chi connectivity index (χ3v) is 4.89. The van der Waals surface area contributed by atoms with Gasteiger partial charge in [0.15, 0.2) is 0 Å². The van der Waals surface area contributed by atoms with E-state index in [4.69, 9.17) is 5.11 Å². The van der Waals surface area contributed by atoms with Crippen LogP contribution in [0.15, 0.2) is 0 Å². The van der Waals surface area contributed by atoms with Crippen molar-refractivity contribution in [3.8, 4) is 0 Å². The molecule has 114 valence electrons. The van der Waals surface area contributed by atoms with Gasteiger partial charge in [-0.1, -0.05) is 25.7 Å². The van der Waals surface area contributed by atoms with Crippen molar-refractivity contribution in [3.05, 3.63) is 0 Å². The Kier molecular flexibility index (Phi) is 5.86. The Hall–Kier alpha value is -1.06. The van der Waals surface area contributed by atoms with Gasteiger partial charge < -0.3 is 10.4 Å². The molecule has 2 fully saturated rings. The Balaban J connectivity index is 1.68. The van der Waals surface area contributed by atoms with Crippen molar-refractivity contribution in [2.75, 3.05) is 0 Å². The van der Waals surface area contributed by atoms with Crippen LogP contribution in [0, 0.1) is 11.8 Å². The highest BCUT2D eigenvalue weighted by Gasteiger charge is 2.27. The SMILES string of the molecule is O=C(CC1CCCCCC1)NC1CCC(C(=O)O)CC1. The fraction of sp³-hybridized carbons (Fsp3) is 0.875. The van der Waals surface area contributed by atoms with Crippen LogP contribution in [0.4, 0.5) is 0 Å². The molecule has 0 heterocycles. The van der Waals surface area contributed by atoms with Gasteiger partial charge in [-0.05, 0) is 44.4 Å². The molecule has 0 saturated heterocycles. The van der Waals surface area contributed by atoms with Crippen LogP contribution in [0.2, 0.25) is 0 Å². The topological polar surface area (TPSA) is 66.4 Å². The zero-order chi connectivity index (χ0) is 14.4. The van der Waals surface area contributed by atoms with E-state index in [0.29, 0.717) is 25.2 Å². The molecule has 1 amide bonds. The molecule has 4 nitrogen and oxygen atoms in total. The molecular formula is C16H27NO3. The van der Waals surface area contributed by atoms with Crippen molar-refractivity contribution >= 4 is 11.9 Å². The number of aliphatic carboxylic acids is 1. The second-order valence-corrected chi connectivity index (χ2v) is 6.52. The van der Waals surface area contributed by atoms with E-state index in [9.17, 15) is 9.59 Å². The number of hydrogen-bond acceptors (Lipinski definition) is 2. The predicted molar refractivity (Wildman–Crippen MR) is 77.3 cm³/mol. The lowest BCUT2D eigenvalue weighted by molar-refractivity contribution is -0.142. The van der Waals surface area contributed by atoms with Crippen molar-refractivity contribution in [1.29, 1.82) is 0 Å². The highest BCUT2D eigenvalue weighted by molar-refractivity contribution is 5.76. The maximum Gasteiger partial charge on any atom is 0.306 e. The summed E-state index contributed by atoms with van der Waals surface area (Å²) in [5.74, 6) is -0.151. The maximum atomic E-state index is 12.1. The molecule has 2 rings (SSSR count). The number of carbonyl (C=O) groups is 2. The molecule has 2 aliphatic carbocycles. The number of amides is 1. The van der Waals surface area contributed by atoms with Gasteiger partial charge >= 0.3 is 5.97 Å². The predicted octanol–water partition coefficient (Wildman–Crippen LogP) is 3.11. The summed E-state index contributed by atoms with van der Waals surface area (Å²) in [5.41, 5.74) is 0. The van der Waals surface area contributed by atoms with Crippen LogP contribution in [-0.2, 0) is 9.59 Å². The molecule has 2 N–H and O–H groups in total. The largest absolute Gasteiger partial charge is 0.481 e. The second kappa shape index (κ2) is 7.65. The van der Waals surface area contributed by atoms with Crippen molar-refractivity contribution in [2.24, 2.45) is 11.8 Å². The van der Waals surface area contributed by atoms with Crippen LogP contribution in [-0.4, -0.2) is 23.0 Å². The van der Waals surface area contributed by atoms with Crippen LogP contribution in [0.1, 0.15) is 70.6 Å². The summed E-state index contributed by atoms with van der Waals surface area (Å²) in [4.78, 5) is 23.0. The molecule has 2 aliphatic rings. The van der Waals surface area contributed by atoms with Crippen molar-refractivity contribution < 1.29 is 14.7 Å². The Labute approximate surface area is 121 Å². The maximum absolute atomic E-state index is 12.1. The van der Waals surface area contributed by atoms with Crippen LogP contribution in [0.5, 0.6) is 0 Å². The quantitative estimate of drug-likeness (QED) is 0.778. The molecule has 0 aromatic heterocycles. The van der Waals surface area contributed by atoms with E-state index >= 15 is 0 Å². The molecule has 0 aromatic rings. The summed E-state index contributed by atoms with van der Waals surface area (Å²) >= 11 is 0. The minimum Gasteiger partial charge on any atom is -0.481 e. The summed E-state index contributed by atoms with van der Waals surface area (Å²) in [5, 5.41) is 12.1. The summed E-state index contributed by atoms with van der Waals surface area (Å²) in [7, 11) is 0. The first-order valence-electron chi connectivity index (χ1n) is 8.17. The number of carbonyl (C=O) groups excluding carboxylic acids is 1. The molecular weight excluding hydrogens is 254 g/mol. The first-order chi connectivity index (χ1) is 9.65. The fourth-order valence-electron chi connectivity index (χ4n) is 3.60. The van der Waals surface area contributed by atoms with E-state index < -0.39 is 5.97 Å². The average molecular weight is 281 g/mol. The average Bonchev–Trinajstić information content (AvgIpc) is 2.68. The van der Waals surface area contributed by atoms with E-state index in [1.807, 2.05) is 0 Å². The number of rotatable bonds is 4. The normalized spacial score (nSPS) is 28.6. The van der Waals surface area contributed by atoms with Gasteiger partial charge in [-0.3, -0.25) is 9.59 Å². The standard InChI is InChI=1S/C16H27NO3/c18-15(11-12-5-3-1-2-4-6-12)17-14-9-7-13(8-10-14)16(19)20/h12-14H,1-11H2,(H,17,18)(H,19,20). The first-order valence-corrected chi connectivity index (χ1v) is 8.17. The zero-order valence-corrected chi connectivity index (χ0v) is 12.3. The minimum absolute atomic E-state index is 0.177. The summed E-state index contributed by atoms with van der Waals surface area (Å²) < 4.78 is 0. The Bertz CT molecular complexity index is 327. The third kappa shape index (κ3) is 4.80. The molecule has 0 aromatic carbocycles. The smallest absolute Gasteiger partial charge is 0.306 e. The van der Waals surface area contributed by atoms with Gasteiger partial charge in [0.05, 0.1) is 5.92 Å². The molecule has 0 aliphatic heterocycles. The van der Waals surface area contributed by atoms with Gasteiger partial charge in [0.1, 0.15) is 0 Å². The van der Waals surface area contributed by atoms with E-state index in [-0.39, 0.29) is 17.9 Å². The minimum atomic E-state index is -0.687. The summed E-state index contributed by atoms with van der Waals surface area (Å²) in [6.07, 6.45) is 11.2. The second-order valence-electron chi connectivity index (χ2n) is 6.52. The Morgan fingerprint density at radius 1 is 0.900 bits per heavy atom. The van der Waals surface area contributed by atoms with Crippen molar-refractivity contribution in [1.82, 2.24) is 5.32 Å². The number of carboxylic acid groups (broad SMARTS) is 1. The van der Waals surface area contributed by atoms with E-state index in [1.165, 1.54) is 38.5 Å². The zero-order valence-electron chi connectivity index (χ0n) is 12.3. The van der Waals surface area contributed by atoms with Crippen LogP contribution in [0.25, 0.3) is 0 Å². The van der Waals surface area contributed by atoms with Gasteiger partial charge in [-0.25, -0.2) is 0 Å². The fourth-order valence-corrected chi connectivity index (χ4v) is 3.60. The van der Waals surface area contributed by atoms with E-state index in [2.05, 4.69) is 5.32 Å². The molecule has 2 saturated carbocycles. The summed E-state index contributed by atoms with van der Waals surface area (Å²) in [6.45, 7) is 0. The highest BCUT2D eigenvalue weighted by atomic mass is 16.4. The monoisotopic (exact) mass is 281 g/mol. The van der Waals surface area contributed by atoms with Gasteiger partial charge in [-0.2, -0.15) is 0 Å². The van der Waals surface area contributed by atoms with Crippen molar-refractivity contribution in [2.45, 2.75) is 76.7 Å². The molecule has 4 heteroatoms.